The summed E-state index contributed by atoms with van der Waals surface area (Å²) in [5.74, 6) is -2.87. The van der Waals surface area contributed by atoms with Crippen molar-refractivity contribution in [1.82, 2.24) is 0 Å². The van der Waals surface area contributed by atoms with Crippen LogP contribution in [0.5, 0.6) is 0 Å². The molecule has 0 spiro atoms. The molecule has 0 aromatic heterocycles. The van der Waals surface area contributed by atoms with Crippen molar-refractivity contribution in [3.05, 3.63) is 11.5 Å². The number of rotatable bonds is 2. The van der Waals surface area contributed by atoms with Gasteiger partial charge in [-0.05, 0) is 0 Å². The Morgan fingerprint density at radius 3 is 2.38 bits per heavy atom. The van der Waals surface area contributed by atoms with Gasteiger partial charge < -0.3 is 25.2 Å². The van der Waals surface area contributed by atoms with Gasteiger partial charge in [0.25, 0.3) is 0 Å². The van der Waals surface area contributed by atoms with Crippen molar-refractivity contribution < 1.29 is 81.3 Å². The molecule has 0 amide bonds. The molecule has 2 unspecified atom stereocenters. The Morgan fingerprint density at radius 2 is 2.08 bits per heavy atom. The molecular weight excluding hydrogens is 207 g/mol. The SMILES string of the molecule is O=C1OC(C(O)C[O-])C(O)=C1O.[K+]. The smallest absolute Gasteiger partial charge is 0.853 e. The summed E-state index contributed by atoms with van der Waals surface area (Å²) in [7, 11) is 0. The van der Waals surface area contributed by atoms with Gasteiger partial charge in [0.05, 0.1) is 6.10 Å². The fourth-order valence-electron chi connectivity index (χ4n) is 0.814. The number of cyclic esters (lactones) is 1. The number of hydrogen-bond acceptors (Lipinski definition) is 6. The van der Waals surface area contributed by atoms with Crippen LogP contribution in [-0.4, -0.2) is 40.1 Å². The molecule has 68 valence electrons. The van der Waals surface area contributed by atoms with Crippen LogP contribution in [0, 0.1) is 0 Å². The molecular formula is C6H7KO6. The van der Waals surface area contributed by atoms with Gasteiger partial charge in [-0.15, -0.1) is 6.61 Å². The van der Waals surface area contributed by atoms with Crippen LogP contribution in [0.15, 0.2) is 11.5 Å². The third kappa shape index (κ3) is 2.66. The minimum atomic E-state index is -1.53. The van der Waals surface area contributed by atoms with Crippen LogP contribution >= 0.6 is 0 Å². The fourth-order valence-corrected chi connectivity index (χ4v) is 0.814. The second-order valence-electron chi connectivity index (χ2n) is 2.29. The Kier molecular flexibility index (Phi) is 5.45. The molecule has 0 radical (unpaired) electrons. The van der Waals surface area contributed by atoms with Gasteiger partial charge in [-0.2, -0.15) is 0 Å². The second kappa shape index (κ2) is 5.30. The fraction of sp³-hybridized carbons (Fsp3) is 0.500. The zero-order chi connectivity index (χ0) is 9.30. The van der Waals surface area contributed by atoms with E-state index in [2.05, 4.69) is 4.74 Å². The van der Waals surface area contributed by atoms with Gasteiger partial charge in [-0.1, -0.05) is 0 Å². The van der Waals surface area contributed by atoms with Gasteiger partial charge in [0.1, 0.15) is 0 Å². The average molecular weight is 214 g/mol. The molecule has 6 nitrogen and oxygen atoms in total. The summed E-state index contributed by atoms with van der Waals surface area (Å²) in [5, 5.41) is 36.6. The molecule has 7 heteroatoms. The largest absolute Gasteiger partial charge is 1.00 e. The molecule has 1 aliphatic heterocycles. The maximum atomic E-state index is 10.5. The number of aliphatic hydroxyl groups excluding tert-OH is 3. The summed E-state index contributed by atoms with van der Waals surface area (Å²) in [6, 6.07) is 0. The molecule has 0 aliphatic carbocycles. The quantitative estimate of drug-likeness (QED) is 0.313. The van der Waals surface area contributed by atoms with E-state index in [9.17, 15) is 9.90 Å². The zero-order valence-electron chi connectivity index (χ0n) is 6.93. The van der Waals surface area contributed by atoms with Crippen molar-refractivity contribution in [3.63, 3.8) is 0 Å². The molecule has 0 aromatic rings. The molecule has 1 rings (SSSR count). The molecule has 0 saturated heterocycles. The third-order valence-corrected chi connectivity index (χ3v) is 1.46. The molecule has 2 atom stereocenters. The Bertz CT molecular complexity index is 237. The maximum absolute atomic E-state index is 10.5. The van der Waals surface area contributed by atoms with Crippen LogP contribution in [0.4, 0.5) is 0 Å². The van der Waals surface area contributed by atoms with Crippen molar-refractivity contribution in [3.8, 4) is 0 Å². The predicted molar refractivity (Wildman–Crippen MR) is 33.0 cm³/mol. The number of carbonyl (C=O) groups is 1. The summed E-state index contributed by atoms with van der Waals surface area (Å²) in [5.41, 5.74) is 0. The van der Waals surface area contributed by atoms with Gasteiger partial charge in [0.15, 0.2) is 11.9 Å². The van der Waals surface area contributed by atoms with Crippen molar-refractivity contribution in [1.29, 1.82) is 0 Å². The van der Waals surface area contributed by atoms with E-state index in [4.69, 9.17) is 15.3 Å². The van der Waals surface area contributed by atoms with E-state index in [0.717, 1.165) is 0 Å². The van der Waals surface area contributed by atoms with Crippen LogP contribution in [0.1, 0.15) is 0 Å². The average Bonchev–Trinajstić information content (AvgIpc) is 2.32. The number of ether oxygens (including phenoxy) is 1. The first kappa shape index (κ1) is 13.4. The van der Waals surface area contributed by atoms with E-state index in [-0.39, 0.29) is 51.4 Å². The normalized spacial score (nSPS) is 23.8. The van der Waals surface area contributed by atoms with Crippen LogP contribution in [0.3, 0.4) is 0 Å². The van der Waals surface area contributed by atoms with Gasteiger partial charge in [0, 0.05) is 0 Å². The minimum Gasteiger partial charge on any atom is -0.853 e. The molecule has 3 N–H and O–H groups in total. The van der Waals surface area contributed by atoms with E-state index in [0.29, 0.717) is 0 Å². The van der Waals surface area contributed by atoms with Gasteiger partial charge in [0.2, 0.25) is 5.76 Å². The number of esters is 1. The summed E-state index contributed by atoms with van der Waals surface area (Å²) in [6.45, 7) is -0.921. The Labute approximate surface area is 116 Å². The summed E-state index contributed by atoms with van der Waals surface area (Å²) >= 11 is 0. The van der Waals surface area contributed by atoms with E-state index >= 15 is 0 Å². The van der Waals surface area contributed by atoms with Crippen molar-refractivity contribution in [2.24, 2.45) is 0 Å². The monoisotopic (exact) mass is 214 g/mol. The summed E-state index contributed by atoms with van der Waals surface area (Å²) in [6.07, 6.45) is -2.95. The first-order valence-corrected chi connectivity index (χ1v) is 3.17. The van der Waals surface area contributed by atoms with Crippen LogP contribution in [0.25, 0.3) is 0 Å². The summed E-state index contributed by atoms with van der Waals surface area (Å²) < 4.78 is 4.28. The van der Waals surface area contributed by atoms with Crippen LogP contribution in [-0.2, 0) is 9.53 Å². The number of carbonyl (C=O) groups excluding carboxylic acids is 1. The molecule has 0 saturated carbocycles. The second-order valence-corrected chi connectivity index (χ2v) is 2.29. The van der Waals surface area contributed by atoms with Crippen molar-refractivity contribution in [2.45, 2.75) is 12.2 Å². The van der Waals surface area contributed by atoms with Crippen molar-refractivity contribution in [2.75, 3.05) is 6.61 Å². The topological polar surface area (TPSA) is 110 Å². The van der Waals surface area contributed by atoms with E-state index in [1.165, 1.54) is 0 Å². The van der Waals surface area contributed by atoms with Crippen LogP contribution < -0.4 is 56.5 Å². The number of hydrogen-bond donors (Lipinski definition) is 3. The maximum Gasteiger partial charge on any atom is 1.00 e. The molecule has 13 heavy (non-hydrogen) atoms. The third-order valence-electron chi connectivity index (χ3n) is 1.46. The molecule has 0 bridgehead atoms. The molecule has 0 fully saturated rings. The molecule has 1 heterocycles. The van der Waals surface area contributed by atoms with E-state index in [1.54, 1.807) is 0 Å². The van der Waals surface area contributed by atoms with Gasteiger partial charge in [-0.25, -0.2) is 4.79 Å². The Morgan fingerprint density at radius 1 is 1.54 bits per heavy atom. The predicted octanol–water partition coefficient (Wildman–Crippen LogP) is -5.04. The van der Waals surface area contributed by atoms with Crippen molar-refractivity contribution >= 4 is 5.97 Å². The Hall–Kier alpha value is 0.366. The minimum absolute atomic E-state index is 0. The van der Waals surface area contributed by atoms with E-state index in [1.807, 2.05) is 0 Å². The summed E-state index contributed by atoms with van der Waals surface area (Å²) in [4.78, 5) is 10.5. The van der Waals surface area contributed by atoms with Gasteiger partial charge >= 0.3 is 57.4 Å². The first-order valence-electron chi connectivity index (χ1n) is 3.17. The van der Waals surface area contributed by atoms with E-state index < -0.39 is 36.3 Å². The van der Waals surface area contributed by atoms with Gasteiger partial charge in [-0.3, -0.25) is 0 Å². The number of aliphatic hydroxyl groups is 3. The molecule has 0 aromatic carbocycles. The Balaban J connectivity index is 0.00000144. The first-order chi connectivity index (χ1) is 5.57. The van der Waals surface area contributed by atoms with Crippen LogP contribution in [0.2, 0.25) is 0 Å². The standard InChI is InChI=1S/C6H7O6.K/c7-1-2(8)5-3(9)4(10)6(11)12-5;/h2,5,8-10H,1H2;/q-1;+1. The zero-order valence-corrected chi connectivity index (χ0v) is 10.1. The molecule has 1 aliphatic rings.